The monoisotopic (exact) mass is 459 g/mol. The highest BCUT2D eigenvalue weighted by molar-refractivity contribution is 9.10. The van der Waals surface area contributed by atoms with E-state index in [0.29, 0.717) is 10.2 Å². The molecule has 2 aromatic carbocycles. The molecule has 1 unspecified atom stereocenters. The molecule has 3 nitrogen and oxygen atoms in total. The molecule has 2 aromatic rings. The van der Waals surface area contributed by atoms with Gasteiger partial charge in [-0.05, 0) is 24.3 Å². The lowest BCUT2D eigenvalue weighted by Crippen LogP contribution is -2.20. The summed E-state index contributed by atoms with van der Waals surface area (Å²) >= 11 is 8.66. The number of hydrogen-bond donors (Lipinski definition) is 2. The van der Waals surface area contributed by atoms with Crippen molar-refractivity contribution in [1.82, 2.24) is 0 Å². The van der Waals surface area contributed by atoms with Crippen molar-refractivity contribution in [2.75, 3.05) is 17.7 Å². The molecule has 0 saturated heterocycles. The number of nitrogens with one attached hydrogen (secondary N) is 1. The topological polar surface area (TPSA) is 41.5 Å². The smallest absolute Gasteiger partial charge is 0.416 e. The van der Waals surface area contributed by atoms with E-state index in [4.69, 9.17) is 16.3 Å². The van der Waals surface area contributed by atoms with Crippen molar-refractivity contribution in [2.24, 2.45) is 0 Å². The van der Waals surface area contributed by atoms with Crippen LogP contribution in [-0.4, -0.2) is 23.6 Å². The Labute approximate surface area is 158 Å². The van der Waals surface area contributed by atoms with Crippen molar-refractivity contribution in [3.63, 3.8) is 0 Å². The van der Waals surface area contributed by atoms with Crippen molar-refractivity contribution < 1.29 is 31.8 Å². The van der Waals surface area contributed by atoms with Gasteiger partial charge in [0.15, 0.2) is 17.4 Å². The molecule has 1 atom stereocenters. The molecule has 0 amide bonds. The highest BCUT2D eigenvalue weighted by atomic mass is 79.9. The zero-order chi connectivity index (χ0) is 19.5. The summed E-state index contributed by atoms with van der Waals surface area (Å²) in [5.74, 6) is -3.94. The molecule has 0 saturated carbocycles. The van der Waals surface area contributed by atoms with Gasteiger partial charge in [0.25, 0.3) is 0 Å². The van der Waals surface area contributed by atoms with Crippen LogP contribution >= 0.6 is 27.5 Å². The molecule has 2 rings (SSSR count). The lowest BCUT2D eigenvalue weighted by molar-refractivity contribution is -0.138. The number of alkyl halides is 4. The van der Waals surface area contributed by atoms with E-state index in [1.165, 1.54) is 12.1 Å². The molecule has 10 heteroatoms. The molecule has 142 valence electrons. The van der Waals surface area contributed by atoms with Crippen LogP contribution in [0.1, 0.15) is 5.56 Å². The Morgan fingerprint density at radius 2 is 1.73 bits per heavy atom. The van der Waals surface area contributed by atoms with Crippen molar-refractivity contribution in [3.05, 3.63) is 52.0 Å². The van der Waals surface area contributed by atoms with Crippen LogP contribution in [0, 0.1) is 11.6 Å². The first-order valence-electron chi connectivity index (χ1n) is 7.12. The Morgan fingerprint density at radius 1 is 1.12 bits per heavy atom. The van der Waals surface area contributed by atoms with Gasteiger partial charge >= 0.3 is 6.18 Å². The third-order valence-corrected chi connectivity index (χ3v) is 3.95. The fraction of sp³-hybridized carbons (Fsp3) is 0.250. The van der Waals surface area contributed by atoms with E-state index < -0.39 is 35.2 Å². The van der Waals surface area contributed by atoms with Crippen LogP contribution < -0.4 is 10.1 Å². The average molecular weight is 461 g/mol. The van der Waals surface area contributed by atoms with E-state index in [9.17, 15) is 27.1 Å². The first-order chi connectivity index (χ1) is 12.1. The van der Waals surface area contributed by atoms with E-state index in [1.807, 2.05) is 0 Å². The molecule has 0 aliphatic heterocycles. The zero-order valence-corrected chi connectivity index (χ0v) is 15.2. The molecule has 26 heavy (non-hydrogen) atoms. The van der Waals surface area contributed by atoms with Crippen LogP contribution in [0.2, 0.25) is 0 Å². The van der Waals surface area contributed by atoms with Gasteiger partial charge in [0, 0.05) is 22.8 Å². The summed E-state index contributed by atoms with van der Waals surface area (Å²) in [6.07, 6.45) is -5.69. The summed E-state index contributed by atoms with van der Waals surface area (Å²) in [6.45, 7) is 0.113. The van der Waals surface area contributed by atoms with Gasteiger partial charge < -0.3 is 15.2 Å². The van der Waals surface area contributed by atoms with E-state index in [1.54, 1.807) is 6.07 Å². The second-order valence-electron chi connectivity index (χ2n) is 5.23. The number of rotatable bonds is 6. The first-order valence-corrected chi connectivity index (χ1v) is 8.45. The van der Waals surface area contributed by atoms with Gasteiger partial charge in [-0.2, -0.15) is 13.2 Å². The van der Waals surface area contributed by atoms with Crippen molar-refractivity contribution in [2.45, 2.75) is 12.3 Å². The second-order valence-corrected chi connectivity index (χ2v) is 6.46. The highest BCUT2D eigenvalue weighted by Gasteiger charge is 2.33. The minimum Gasteiger partial charge on any atom is -0.451 e. The van der Waals surface area contributed by atoms with Crippen LogP contribution in [0.25, 0.3) is 0 Å². The standard InChI is InChI=1S/C16H12BrClF5NO2/c17-9-3-10(24-7-11(25)6-18)5-12(4-9)26-15-13(19)1-8(2-14(15)20)16(21,22)23/h1-5,11,24-25H,6-7H2. The Bertz CT molecular complexity index is 765. The van der Waals surface area contributed by atoms with Crippen LogP contribution in [0.4, 0.5) is 27.6 Å². The Kier molecular flexibility index (Phi) is 6.70. The quantitative estimate of drug-likeness (QED) is 0.439. The largest absolute Gasteiger partial charge is 0.451 e. The maximum absolute atomic E-state index is 13.9. The number of halogens is 7. The predicted octanol–water partition coefficient (Wildman–Crippen LogP) is 5.55. The third kappa shape index (κ3) is 5.46. The fourth-order valence-corrected chi connectivity index (χ4v) is 2.53. The molecule has 0 radical (unpaired) electrons. The van der Waals surface area contributed by atoms with Gasteiger partial charge in [0.2, 0.25) is 0 Å². The van der Waals surface area contributed by atoms with Gasteiger partial charge in [0.1, 0.15) is 5.75 Å². The number of hydrogen-bond acceptors (Lipinski definition) is 3. The molecule has 2 N–H and O–H groups in total. The van der Waals surface area contributed by atoms with Crippen LogP contribution in [0.3, 0.4) is 0 Å². The van der Waals surface area contributed by atoms with Crippen molar-refractivity contribution >= 4 is 33.2 Å². The summed E-state index contributed by atoms with van der Waals surface area (Å²) in [5, 5.41) is 12.3. The number of ether oxygens (including phenoxy) is 1. The molecular weight excluding hydrogens is 449 g/mol. The zero-order valence-electron chi connectivity index (χ0n) is 12.9. The summed E-state index contributed by atoms with van der Waals surface area (Å²) < 4.78 is 71.1. The maximum atomic E-state index is 13.9. The summed E-state index contributed by atoms with van der Waals surface area (Å²) in [5.41, 5.74) is -1.02. The average Bonchev–Trinajstić information content (AvgIpc) is 2.54. The molecule has 0 spiro atoms. The van der Waals surface area contributed by atoms with Crippen LogP contribution in [-0.2, 0) is 6.18 Å². The van der Waals surface area contributed by atoms with Gasteiger partial charge in [-0.3, -0.25) is 0 Å². The van der Waals surface area contributed by atoms with Crippen LogP contribution in [0.5, 0.6) is 11.5 Å². The molecule has 0 aliphatic rings. The number of anilines is 1. The summed E-state index contributed by atoms with van der Waals surface area (Å²) in [4.78, 5) is 0. The minimum absolute atomic E-state index is 0.00629. The predicted molar refractivity (Wildman–Crippen MR) is 90.8 cm³/mol. The molecule has 0 aliphatic carbocycles. The lowest BCUT2D eigenvalue weighted by Gasteiger charge is -2.14. The van der Waals surface area contributed by atoms with E-state index in [0.717, 1.165) is 0 Å². The van der Waals surface area contributed by atoms with Gasteiger partial charge in [-0.1, -0.05) is 15.9 Å². The fourth-order valence-electron chi connectivity index (χ4n) is 1.95. The Balaban J connectivity index is 2.27. The molecule has 0 fully saturated rings. The van der Waals surface area contributed by atoms with Crippen molar-refractivity contribution in [1.29, 1.82) is 0 Å². The molecule has 0 bridgehead atoms. The second kappa shape index (κ2) is 8.41. The van der Waals surface area contributed by atoms with E-state index in [-0.39, 0.29) is 30.3 Å². The highest BCUT2D eigenvalue weighted by Crippen LogP contribution is 2.36. The van der Waals surface area contributed by atoms with Gasteiger partial charge in [-0.25, -0.2) is 8.78 Å². The van der Waals surface area contributed by atoms with Gasteiger partial charge in [-0.15, -0.1) is 11.6 Å². The Hall–Kier alpha value is -1.58. The summed E-state index contributed by atoms with van der Waals surface area (Å²) in [7, 11) is 0. The SMILES string of the molecule is OC(CCl)CNc1cc(Br)cc(Oc2c(F)cc(C(F)(F)F)cc2F)c1. The minimum atomic E-state index is -4.88. The molecule has 0 heterocycles. The van der Waals surface area contributed by atoms with Crippen molar-refractivity contribution in [3.8, 4) is 11.5 Å². The summed E-state index contributed by atoms with van der Waals surface area (Å²) in [6, 6.07) is 4.66. The number of benzene rings is 2. The third-order valence-electron chi connectivity index (χ3n) is 3.14. The molecular formula is C16H12BrClF5NO2. The number of aliphatic hydroxyl groups excluding tert-OH is 1. The Morgan fingerprint density at radius 3 is 2.27 bits per heavy atom. The first kappa shape index (κ1) is 20.7. The normalized spacial score (nSPS) is 12.8. The maximum Gasteiger partial charge on any atom is 0.416 e. The van der Waals surface area contributed by atoms with Gasteiger partial charge in [0.05, 0.1) is 17.5 Å². The molecule has 0 aromatic heterocycles. The van der Waals surface area contributed by atoms with E-state index in [2.05, 4.69) is 21.2 Å². The van der Waals surface area contributed by atoms with Crippen LogP contribution in [0.15, 0.2) is 34.8 Å². The number of aliphatic hydroxyl groups is 1. The van der Waals surface area contributed by atoms with E-state index >= 15 is 0 Å². The lowest BCUT2D eigenvalue weighted by atomic mass is 10.2.